The first-order chi connectivity index (χ1) is 15.3. The first kappa shape index (κ1) is 21.1. The second-order valence-electron chi connectivity index (χ2n) is 7.51. The van der Waals surface area contributed by atoms with E-state index in [9.17, 15) is 0 Å². The van der Waals surface area contributed by atoms with Crippen molar-refractivity contribution >= 4 is 33.7 Å². The third kappa shape index (κ3) is 4.98. The largest absolute Gasteiger partial charge is 0.497 e. The fourth-order valence-corrected chi connectivity index (χ4v) is 4.12. The maximum Gasteiger partial charge on any atom is 0.118 e. The summed E-state index contributed by atoms with van der Waals surface area (Å²) in [5.74, 6) is 1.53. The summed E-state index contributed by atoms with van der Waals surface area (Å²) in [7, 11) is 1.70. The number of benzene rings is 3. The molecule has 4 rings (SSSR count). The lowest BCUT2D eigenvalue weighted by molar-refractivity contribution is 0.415. The number of fused-ring (bicyclic) bond motifs is 1. The quantitative estimate of drug-likeness (QED) is 0.164. The van der Waals surface area contributed by atoms with E-state index in [4.69, 9.17) is 21.3 Å². The van der Waals surface area contributed by atoms with Crippen molar-refractivity contribution in [2.45, 2.75) is 19.3 Å². The number of pyridine rings is 1. The van der Waals surface area contributed by atoms with Crippen molar-refractivity contribution in [2.75, 3.05) is 13.0 Å². The molecule has 0 saturated heterocycles. The van der Waals surface area contributed by atoms with E-state index >= 15 is 0 Å². The lowest BCUT2D eigenvalue weighted by atomic mass is 9.87. The highest BCUT2D eigenvalue weighted by molar-refractivity contribution is 6.17. The molecule has 0 aliphatic heterocycles. The molecule has 31 heavy (non-hydrogen) atoms. The van der Waals surface area contributed by atoms with Crippen molar-refractivity contribution in [3.05, 3.63) is 108 Å². The molecule has 0 unspecified atom stereocenters. The fraction of sp³-hybridized carbons (Fsp3) is 0.179. The molecule has 3 aromatic carbocycles. The van der Waals surface area contributed by atoms with Crippen LogP contribution in [0.4, 0.5) is 0 Å². The Bertz CT molecular complexity index is 1170. The second kappa shape index (κ2) is 10.3. The van der Waals surface area contributed by atoms with E-state index in [1.54, 1.807) is 7.11 Å². The number of halogens is 1. The number of ether oxygens (including phenoxy) is 1. The molecule has 1 heterocycles. The van der Waals surface area contributed by atoms with Gasteiger partial charge in [0.1, 0.15) is 5.75 Å². The van der Waals surface area contributed by atoms with Gasteiger partial charge in [-0.05, 0) is 65.8 Å². The number of allylic oxidation sites excluding steroid dienone is 1. The Hall–Kier alpha value is -3.10. The number of methoxy groups -OCH3 is 1. The summed E-state index contributed by atoms with van der Waals surface area (Å²) in [6.07, 6.45) is 4.97. The summed E-state index contributed by atoms with van der Waals surface area (Å²) >= 11 is 6.00. The van der Waals surface area contributed by atoms with Gasteiger partial charge in [0, 0.05) is 23.0 Å². The zero-order chi connectivity index (χ0) is 21.5. The van der Waals surface area contributed by atoms with Crippen molar-refractivity contribution in [2.24, 2.45) is 0 Å². The van der Waals surface area contributed by atoms with E-state index in [1.165, 1.54) is 16.7 Å². The number of alkyl halides is 1. The smallest absolute Gasteiger partial charge is 0.118 e. The molecule has 156 valence electrons. The molecule has 0 bridgehead atoms. The summed E-state index contributed by atoms with van der Waals surface area (Å²) in [6, 6.07) is 29.4. The van der Waals surface area contributed by atoms with Gasteiger partial charge in [-0.1, -0.05) is 60.7 Å². The van der Waals surface area contributed by atoms with Crippen molar-refractivity contribution in [3.8, 4) is 5.75 Å². The molecule has 4 aromatic rings. The van der Waals surface area contributed by atoms with Crippen LogP contribution in [0, 0.1) is 0 Å². The molecular weight excluding hydrogens is 402 g/mol. The van der Waals surface area contributed by atoms with Crippen LogP contribution in [0.1, 0.15) is 36.0 Å². The van der Waals surface area contributed by atoms with E-state index in [0.29, 0.717) is 5.88 Å². The molecule has 0 aliphatic carbocycles. The third-order valence-electron chi connectivity index (χ3n) is 5.49. The molecule has 0 aliphatic rings. The van der Waals surface area contributed by atoms with E-state index < -0.39 is 0 Å². The maximum absolute atomic E-state index is 6.00. The van der Waals surface area contributed by atoms with E-state index in [2.05, 4.69) is 66.7 Å². The number of para-hydroxylation sites is 1. The predicted molar refractivity (Wildman–Crippen MR) is 132 cm³/mol. The molecule has 0 fully saturated rings. The van der Waals surface area contributed by atoms with Crippen LogP contribution >= 0.6 is 11.6 Å². The molecule has 2 nitrogen and oxygen atoms in total. The standard InChI is InChI=1S/C28H26ClNO/c1-31-25-16-14-22(15-17-25)28(24-19-23-11-5-6-13-27(23)30-20-24)26(12-7-8-18-29)21-9-3-2-4-10-21/h2-6,9-11,13-17,19-20H,7-8,12,18H2,1H3. The summed E-state index contributed by atoms with van der Waals surface area (Å²) < 4.78 is 5.39. The molecule has 3 heteroatoms. The predicted octanol–water partition coefficient (Wildman–Crippen LogP) is 7.61. The van der Waals surface area contributed by atoms with Crippen LogP contribution in [0.5, 0.6) is 5.75 Å². The Morgan fingerprint density at radius 3 is 2.29 bits per heavy atom. The number of hydrogen-bond acceptors (Lipinski definition) is 2. The van der Waals surface area contributed by atoms with Gasteiger partial charge in [-0.25, -0.2) is 0 Å². The number of nitrogens with zero attached hydrogens (tertiary/aromatic N) is 1. The molecule has 1 aromatic heterocycles. The Morgan fingerprint density at radius 2 is 1.55 bits per heavy atom. The molecule has 0 amide bonds. The zero-order valence-corrected chi connectivity index (χ0v) is 18.5. The Kier molecular flexibility index (Phi) is 7.01. The van der Waals surface area contributed by atoms with Gasteiger partial charge in [-0.15, -0.1) is 11.6 Å². The van der Waals surface area contributed by atoms with E-state index in [0.717, 1.165) is 47.0 Å². The molecule has 0 saturated carbocycles. The topological polar surface area (TPSA) is 22.1 Å². The third-order valence-corrected chi connectivity index (χ3v) is 5.76. The lowest BCUT2D eigenvalue weighted by Crippen LogP contribution is -1.98. The van der Waals surface area contributed by atoms with Crippen LogP contribution in [-0.4, -0.2) is 18.0 Å². The number of rotatable bonds is 8. The van der Waals surface area contributed by atoms with Gasteiger partial charge >= 0.3 is 0 Å². The molecular formula is C28H26ClNO. The van der Waals surface area contributed by atoms with Gasteiger partial charge in [0.05, 0.1) is 12.6 Å². The summed E-state index contributed by atoms with van der Waals surface area (Å²) in [5.41, 5.74) is 7.03. The highest BCUT2D eigenvalue weighted by Gasteiger charge is 2.15. The summed E-state index contributed by atoms with van der Waals surface area (Å²) in [5, 5.41) is 1.14. The minimum absolute atomic E-state index is 0.678. The van der Waals surface area contributed by atoms with Crippen LogP contribution in [0.2, 0.25) is 0 Å². The van der Waals surface area contributed by atoms with E-state index in [-0.39, 0.29) is 0 Å². The average Bonchev–Trinajstić information content (AvgIpc) is 2.84. The normalized spacial score (nSPS) is 11.9. The average molecular weight is 428 g/mol. The summed E-state index contributed by atoms with van der Waals surface area (Å²) in [6.45, 7) is 0. The molecule has 0 atom stereocenters. The van der Waals surface area contributed by atoms with Crippen LogP contribution < -0.4 is 4.74 Å². The fourth-order valence-electron chi connectivity index (χ4n) is 3.93. The number of aromatic nitrogens is 1. The van der Waals surface area contributed by atoms with Gasteiger partial charge in [0.25, 0.3) is 0 Å². The van der Waals surface area contributed by atoms with Gasteiger partial charge < -0.3 is 4.74 Å². The number of hydrogen-bond donors (Lipinski definition) is 0. The van der Waals surface area contributed by atoms with Crippen molar-refractivity contribution in [1.82, 2.24) is 4.98 Å². The minimum atomic E-state index is 0.678. The first-order valence-electron chi connectivity index (χ1n) is 10.6. The van der Waals surface area contributed by atoms with Gasteiger partial charge in [0.15, 0.2) is 0 Å². The number of unbranched alkanes of at least 4 members (excludes halogenated alkanes) is 1. The van der Waals surface area contributed by atoms with Gasteiger partial charge in [-0.2, -0.15) is 0 Å². The monoisotopic (exact) mass is 427 g/mol. The Balaban J connectivity index is 1.94. The molecule has 0 radical (unpaired) electrons. The van der Waals surface area contributed by atoms with Crippen LogP contribution in [-0.2, 0) is 0 Å². The highest BCUT2D eigenvalue weighted by Crippen LogP contribution is 2.36. The van der Waals surface area contributed by atoms with Crippen LogP contribution in [0.3, 0.4) is 0 Å². The van der Waals surface area contributed by atoms with E-state index in [1.807, 2.05) is 24.4 Å². The minimum Gasteiger partial charge on any atom is -0.497 e. The van der Waals surface area contributed by atoms with Crippen LogP contribution in [0.25, 0.3) is 22.0 Å². The van der Waals surface area contributed by atoms with Crippen molar-refractivity contribution in [3.63, 3.8) is 0 Å². The Labute approximate surface area is 189 Å². The SMILES string of the molecule is COc1ccc(C(=C(CCCCCl)c2ccccc2)c2cnc3ccccc3c2)cc1. The van der Waals surface area contributed by atoms with Gasteiger partial charge in [0.2, 0.25) is 0 Å². The second-order valence-corrected chi connectivity index (χ2v) is 7.89. The Morgan fingerprint density at radius 1 is 0.806 bits per heavy atom. The zero-order valence-electron chi connectivity index (χ0n) is 17.7. The van der Waals surface area contributed by atoms with Crippen LogP contribution in [0.15, 0.2) is 91.1 Å². The first-order valence-corrected chi connectivity index (χ1v) is 11.2. The van der Waals surface area contributed by atoms with Gasteiger partial charge in [-0.3, -0.25) is 4.98 Å². The lowest BCUT2D eigenvalue weighted by Gasteiger charge is -2.18. The maximum atomic E-state index is 6.00. The molecule has 0 spiro atoms. The molecule has 0 N–H and O–H groups in total. The summed E-state index contributed by atoms with van der Waals surface area (Å²) in [4.78, 5) is 4.75. The van der Waals surface area contributed by atoms with Crippen molar-refractivity contribution < 1.29 is 4.74 Å². The van der Waals surface area contributed by atoms with Crippen molar-refractivity contribution in [1.29, 1.82) is 0 Å². The highest BCUT2D eigenvalue weighted by atomic mass is 35.5.